The molecule has 0 fully saturated rings. The van der Waals surface area contributed by atoms with E-state index in [2.05, 4.69) is 207 Å². The molecule has 0 atom stereocenters. The minimum atomic E-state index is -0.168. The molecule has 0 radical (unpaired) electrons. The highest BCUT2D eigenvalue weighted by atomic mass is 15.2. The van der Waals surface area contributed by atoms with Gasteiger partial charge < -0.3 is 9.80 Å². The molecule has 0 unspecified atom stereocenters. The van der Waals surface area contributed by atoms with E-state index in [0.29, 0.717) is 0 Å². The summed E-state index contributed by atoms with van der Waals surface area (Å²) >= 11 is 0. The number of para-hydroxylation sites is 2. The highest BCUT2D eigenvalue weighted by Crippen LogP contribution is 2.60. The first-order valence-electron chi connectivity index (χ1n) is 18.4. The highest BCUT2D eigenvalue weighted by molar-refractivity contribution is 5.95. The molecule has 0 aromatic heterocycles. The molecule has 8 aromatic carbocycles. The molecule has 2 aliphatic heterocycles. The van der Waals surface area contributed by atoms with E-state index in [-0.39, 0.29) is 10.8 Å². The predicted molar refractivity (Wildman–Crippen MR) is 221 cm³/mol. The summed E-state index contributed by atoms with van der Waals surface area (Å²) < 4.78 is 0. The maximum atomic E-state index is 2.53. The number of rotatable bonds is 4. The van der Waals surface area contributed by atoms with Crippen molar-refractivity contribution in [1.82, 2.24) is 0 Å². The summed E-state index contributed by atoms with van der Waals surface area (Å²) in [4.78, 5) is 4.91. The number of hydrogen-bond acceptors (Lipinski definition) is 2. The molecule has 0 saturated heterocycles. The summed E-state index contributed by atoms with van der Waals surface area (Å²) in [6, 6.07) is 62.8. The number of nitrogens with zero attached hydrogens (tertiary/aromatic N) is 2. The molecule has 0 spiro atoms. The lowest BCUT2D eigenvalue weighted by molar-refractivity contribution is 0.597. The van der Waals surface area contributed by atoms with Crippen molar-refractivity contribution < 1.29 is 0 Å². The Bertz CT molecular complexity index is 2620. The van der Waals surface area contributed by atoms with Crippen molar-refractivity contribution in [3.05, 3.63) is 192 Å². The summed E-state index contributed by atoms with van der Waals surface area (Å²) in [5, 5.41) is 4.94. The SMILES string of the molecule is CC1(C)c2ccccc2N2c3ccc(-c4ccc(N(c5ccc6ccccc6c5)c5ccc6ccccc6c5)cc4)cc3C(C)(C)c3cccc1c32. The Morgan fingerprint density at radius 3 is 1.48 bits per heavy atom. The fraction of sp³-hybridized carbons (Fsp3) is 0.120. The zero-order valence-corrected chi connectivity index (χ0v) is 30.1. The second-order valence-corrected chi connectivity index (χ2v) is 15.5. The average Bonchev–Trinajstić information content (AvgIpc) is 3.18. The first-order chi connectivity index (χ1) is 25.3. The van der Waals surface area contributed by atoms with Gasteiger partial charge in [-0.05, 0) is 110 Å². The largest absolute Gasteiger partial charge is 0.310 e. The minimum absolute atomic E-state index is 0.0821. The average molecular weight is 669 g/mol. The molecular weight excluding hydrogens is 629 g/mol. The van der Waals surface area contributed by atoms with Gasteiger partial charge in [-0.25, -0.2) is 0 Å². The van der Waals surface area contributed by atoms with Crippen molar-refractivity contribution in [2.24, 2.45) is 0 Å². The maximum absolute atomic E-state index is 2.53. The van der Waals surface area contributed by atoms with Gasteiger partial charge in [-0.15, -0.1) is 0 Å². The molecule has 0 aliphatic carbocycles. The van der Waals surface area contributed by atoms with Gasteiger partial charge in [-0.1, -0.05) is 143 Å². The Morgan fingerprint density at radius 1 is 0.365 bits per heavy atom. The maximum Gasteiger partial charge on any atom is 0.0543 e. The molecule has 2 nitrogen and oxygen atoms in total. The fourth-order valence-electron chi connectivity index (χ4n) is 8.94. The lowest BCUT2D eigenvalue weighted by Crippen LogP contribution is -2.38. The van der Waals surface area contributed by atoms with E-state index >= 15 is 0 Å². The molecule has 2 heterocycles. The van der Waals surface area contributed by atoms with E-state index in [1.807, 2.05) is 0 Å². The van der Waals surface area contributed by atoms with Crippen molar-refractivity contribution in [3.63, 3.8) is 0 Å². The van der Waals surface area contributed by atoms with Crippen LogP contribution in [-0.2, 0) is 10.8 Å². The molecule has 0 saturated carbocycles. The van der Waals surface area contributed by atoms with Crippen LogP contribution in [0.15, 0.2) is 170 Å². The van der Waals surface area contributed by atoms with Crippen molar-refractivity contribution in [2.45, 2.75) is 38.5 Å². The van der Waals surface area contributed by atoms with Gasteiger partial charge in [0.25, 0.3) is 0 Å². The molecular formula is C50H40N2. The monoisotopic (exact) mass is 668 g/mol. The molecule has 8 aromatic rings. The van der Waals surface area contributed by atoms with Crippen molar-refractivity contribution in [1.29, 1.82) is 0 Å². The summed E-state index contributed by atoms with van der Waals surface area (Å²) in [6.07, 6.45) is 0. The van der Waals surface area contributed by atoms with Crippen LogP contribution in [-0.4, -0.2) is 0 Å². The van der Waals surface area contributed by atoms with E-state index < -0.39 is 0 Å². The van der Waals surface area contributed by atoms with E-state index in [9.17, 15) is 0 Å². The second kappa shape index (κ2) is 11.2. The fourth-order valence-corrected chi connectivity index (χ4v) is 8.94. The van der Waals surface area contributed by atoms with Crippen LogP contribution in [0.5, 0.6) is 0 Å². The Hall–Kier alpha value is -6.12. The number of benzene rings is 8. The first kappa shape index (κ1) is 30.7. The van der Waals surface area contributed by atoms with E-state index in [1.165, 1.54) is 72.0 Å². The first-order valence-corrected chi connectivity index (χ1v) is 18.4. The second-order valence-electron chi connectivity index (χ2n) is 15.5. The topological polar surface area (TPSA) is 6.48 Å². The predicted octanol–water partition coefficient (Wildman–Crippen LogP) is 13.9. The Kier molecular flexibility index (Phi) is 6.60. The third-order valence-electron chi connectivity index (χ3n) is 11.8. The van der Waals surface area contributed by atoms with Crippen LogP contribution in [0.1, 0.15) is 49.9 Å². The van der Waals surface area contributed by atoms with Gasteiger partial charge in [0.05, 0.1) is 17.1 Å². The van der Waals surface area contributed by atoms with Gasteiger partial charge in [-0.2, -0.15) is 0 Å². The van der Waals surface area contributed by atoms with Crippen molar-refractivity contribution >= 4 is 55.7 Å². The van der Waals surface area contributed by atoms with Crippen LogP contribution in [0.25, 0.3) is 32.7 Å². The third kappa shape index (κ3) is 4.50. The third-order valence-corrected chi connectivity index (χ3v) is 11.8. The van der Waals surface area contributed by atoms with Gasteiger partial charge in [-0.3, -0.25) is 0 Å². The number of anilines is 6. The lowest BCUT2D eigenvalue weighted by Gasteiger charge is -2.49. The highest BCUT2D eigenvalue weighted by Gasteiger charge is 2.45. The van der Waals surface area contributed by atoms with Crippen LogP contribution < -0.4 is 9.80 Å². The van der Waals surface area contributed by atoms with E-state index in [4.69, 9.17) is 0 Å². The van der Waals surface area contributed by atoms with Crippen LogP contribution in [0.4, 0.5) is 34.1 Å². The van der Waals surface area contributed by atoms with Gasteiger partial charge >= 0.3 is 0 Å². The Morgan fingerprint density at radius 2 is 0.846 bits per heavy atom. The summed E-state index contributed by atoms with van der Waals surface area (Å²) in [5.74, 6) is 0. The summed E-state index contributed by atoms with van der Waals surface area (Å²) in [5.41, 5.74) is 15.0. The zero-order chi connectivity index (χ0) is 35.2. The molecule has 52 heavy (non-hydrogen) atoms. The summed E-state index contributed by atoms with van der Waals surface area (Å²) in [7, 11) is 0. The molecule has 250 valence electrons. The van der Waals surface area contributed by atoms with Gasteiger partial charge in [0.15, 0.2) is 0 Å². The zero-order valence-electron chi connectivity index (χ0n) is 30.1. The molecule has 2 heteroatoms. The minimum Gasteiger partial charge on any atom is -0.310 e. The van der Waals surface area contributed by atoms with Crippen molar-refractivity contribution in [3.8, 4) is 11.1 Å². The van der Waals surface area contributed by atoms with Crippen LogP contribution in [0.2, 0.25) is 0 Å². The van der Waals surface area contributed by atoms with Crippen LogP contribution >= 0.6 is 0 Å². The lowest BCUT2D eigenvalue weighted by atomic mass is 9.66. The van der Waals surface area contributed by atoms with Gasteiger partial charge in [0, 0.05) is 27.9 Å². The molecule has 0 N–H and O–H groups in total. The van der Waals surface area contributed by atoms with Gasteiger partial charge in [0.1, 0.15) is 0 Å². The Balaban J connectivity index is 1.08. The molecule has 2 aliphatic rings. The molecule has 0 bridgehead atoms. The summed E-state index contributed by atoms with van der Waals surface area (Å²) in [6.45, 7) is 9.53. The van der Waals surface area contributed by atoms with Gasteiger partial charge in [0.2, 0.25) is 0 Å². The quantitative estimate of drug-likeness (QED) is 0.184. The number of fused-ring (bicyclic) bond motifs is 6. The van der Waals surface area contributed by atoms with E-state index in [1.54, 1.807) is 0 Å². The van der Waals surface area contributed by atoms with Crippen molar-refractivity contribution in [2.75, 3.05) is 9.80 Å². The normalized spacial score (nSPS) is 14.8. The Labute approximate surface area is 306 Å². The van der Waals surface area contributed by atoms with Crippen LogP contribution in [0.3, 0.4) is 0 Å². The number of hydrogen-bond donors (Lipinski definition) is 0. The van der Waals surface area contributed by atoms with Crippen LogP contribution in [0, 0.1) is 0 Å². The smallest absolute Gasteiger partial charge is 0.0543 e. The molecule has 10 rings (SSSR count). The standard InChI is InChI=1S/C50H40N2/c1-49(2)42-16-9-10-19-46(42)52-47-29-24-38(32-45(47)50(3,4)44-18-11-17-43(49)48(44)52)35-20-25-39(26-21-35)51(40-27-22-33-12-5-7-14-36(33)30-40)41-28-23-34-13-6-8-15-37(34)31-41/h5-32H,1-4H3. The van der Waals surface area contributed by atoms with E-state index in [0.717, 1.165) is 17.1 Å². The molecule has 0 amide bonds.